The number of amides is 1. The highest BCUT2D eigenvalue weighted by molar-refractivity contribution is 5.75. The number of unbranched alkanes of at least 4 members (excludes halogenated alkanes) is 3. The van der Waals surface area contributed by atoms with Gasteiger partial charge in [-0.3, -0.25) is 9.69 Å². The quantitative estimate of drug-likeness (QED) is 0.639. The number of piperidine rings is 1. The smallest absolute Gasteiger partial charge is 0.220 e. The molecule has 0 aliphatic carbocycles. The average Bonchev–Trinajstić information content (AvgIpc) is 2.63. The van der Waals surface area contributed by atoms with E-state index in [-0.39, 0.29) is 5.91 Å². The zero-order valence-corrected chi connectivity index (χ0v) is 15.8. The van der Waals surface area contributed by atoms with Gasteiger partial charge in [-0.1, -0.05) is 44.0 Å². The minimum Gasteiger partial charge on any atom is -0.352 e. The summed E-state index contributed by atoms with van der Waals surface area (Å²) < 4.78 is 0. The number of rotatable bonds is 10. The number of carbonyl (C=O) groups is 1. The first-order chi connectivity index (χ1) is 12.2. The Morgan fingerprint density at radius 2 is 1.72 bits per heavy atom. The van der Waals surface area contributed by atoms with Crippen LogP contribution in [0.4, 0.5) is 0 Å². The zero-order chi connectivity index (χ0) is 17.9. The SMILES string of the molecule is CC1CCN(Cc2ccc(CNC(=O)CCCCCCN)cc2)CC1. The number of carbonyl (C=O) groups excluding carboxylic acids is 1. The summed E-state index contributed by atoms with van der Waals surface area (Å²) in [6.45, 7) is 7.19. The summed E-state index contributed by atoms with van der Waals surface area (Å²) in [7, 11) is 0. The van der Waals surface area contributed by atoms with Gasteiger partial charge in [-0.25, -0.2) is 0 Å². The summed E-state index contributed by atoms with van der Waals surface area (Å²) in [5.41, 5.74) is 8.01. The molecule has 0 atom stereocenters. The molecule has 0 spiro atoms. The molecule has 0 saturated carbocycles. The number of benzene rings is 1. The Hall–Kier alpha value is -1.39. The normalized spacial score (nSPS) is 16.1. The lowest BCUT2D eigenvalue weighted by molar-refractivity contribution is -0.121. The highest BCUT2D eigenvalue weighted by atomic mass is 16.1. The fraction of sp³-hybridized carbons (Fsp3) is 0.667. The second-order valence-electron chi connectivity index (χ2n) is 7.50. The van der Waals surface area contributed by atoms with Crippen molar-refractivity contribution in [2.75, 3.05) is 19.6 Å². The van der Waals surface area contributed by atoms with Gasteiger partial charge in [0.1, 0.15) is 0 Å². The molecular weight excluding hydrogens is 310 g/mol. The number of nitrogens with two attached hydrogens (primary N) is 1. The average molecular weight is 346 g/mol. The largest absolute Gasteiger partial charge is 0.352 e. The van der Waals surface area contributed by atoms with Gasteiger partial charge in [-0.15, -0.1) is 0 Å². The van der Waals surface area contributed by atoms with Gasteiger partial charge in [0.2, 0.25) is 5.91 Å². The zero-order valence-electron chi connectivity index (χ0n) is 15.8. The van der Waals surface area contributed by atoms with E-state index in [2.05, 4.69) is 41.4 Å². The first-order valence-electron chi connectivity index (χ1n) is 9.94. The molecule has 2 rings (SSSR count). The fourth-order valence-electron chi connectivity index (χ4n) is 3.31. The van der Waals surface area contributed by atoms with E-state index in [0.717, 1.165) is 44.7 Å². The molecule has 0 aromatic heterocycles. The molecule has 1 amide bonds. The summed E-state index contributed by atoms with van der Waals surface area (Å²) in [4.78, 5) is 14.4. The highest BCUT2D eigenvalue weighted by Crippen LogP contribution is 2.18. The summed E-state index contributed by atoms with van der Waals surface area (Å²) in [6, 6.07) is 8.69. The molecule has 1 fully saturated rings. The minimum atomic E-state index is 0.152. The van der Waals surface area contributed by atoms with E-state index in [4.69, 9.17) is 5.73 Å². The van der Waals surface area contributed by atoms with Gasteiger partial charge >= 0.3 is 0 Å². The highest BCUT2D eigenvalue weighted by Gasteiger charge is 2.15. The van der Waals surface area contributed by atoms with E-state index in [1.54, 1.807) is 0 Å². The van der Waals surface area contributed by atoms with Crippen molar-refractivity contribution < 1.29 is 4.79 Å². The lowest BCUT2D eigenvalue weighted by Gasteiger charge is -2.30. The summed E-state index contributed by atoms with van der Waals surface area (Å²) in [5, 5.41) is 3.02. The summed E-state index contributed by atoms with van der Waals surface area (Å²) in [6.07, 6.45) is 7.49. The van der Waals surface area contributed by atoms with Crippen molar-refractivity contribution in [3.05, 3.63) is 35.4 Å². The predicted octanol–water partition coefficient (Wildman–Crippen LogP) is 3.44. The van der Waals surface area contributed by atoms with Crippen LogP contribution in [-0.4, -0.2) is 30.4 Å². The molecule has 4 nitrogen and oxygen atoms in total. The van der Waals surface area contributed by atoms with E-state index in [1.165, 1.54) is 37.1 Å². The minimum absolute atomic E-state index is 0.152. The van der Waals surface area contributed by atoms with Crippen LogP contribution in [0.3, 0.4) is 0 Å². The van der Waals surface area contributed by atoms with Crippen LogP contribution in [0.2, 0.25) is 0 Å². The predicted molar refractivity (Wildman–Crippen MR) is 104 cm³/mol. The molecule has 0 bridgehead atoms. The van der Waals surface area contributed by atoms with Crippen molar-refractivity contribution in [2.45, 2.75) is 65.0 Å². The van der Waals surface area contributed by atoms with Gasteiger partial charge in [-0.05, 0) is 62.4 Å². The first kappa shape index (κ1) is 19.9. The molecule has 140 valence electrons. The van der Waals surface area contributed by atoms with Crippen LogP contribution >= 0.6 is 0 Å². The third kappa shape index (κ3) is 8.02. The second-order valence-corrected chi connectivity index (χ2v) is 7.50. The fourth-order valence-corrected chi connectivity index (χ4v) is 3.31. The van der Waals surface area contributed by atoms with Crippen molar-refractivity contribution in [1.82, 2.24) is 10.2 Å². The lowest BCUT2D eigenvalue weighted by Crippen LogP contribution is -2.32. The van der Waals surface area contributed by atoms with Gasteiger partial charge in [0.15, 0.2) is 0 Å². The van der Waals surface area contributed by atoms with Gasteiger partial charge in [0, 0.05) is 19.5 Å². The van der Waals surface area contributed by atoms with E-state index in [0.29, 0.717) is 13.0 Å². The number of nitrogens with zero attached hydrogens (tertiary/aromatic N) is 1. The maximum absolute atomic E-state index is 11.9. The first-order valence-corrected chi connectivity index (χ1v) is 9.94. The number of hydrogen-bond acceptors (Lipinski definition) is 3. The second kappa shape index (κ2) is 11.3. The molecule has 1 aliphatic rings. The van der Waals surface area contributed by atoms with Crippen molar-refractivity contribution in [1.29, 1.82) is 0 Å². The van der Waals surface area contributed by atoms with Crippen molar-refractivity contribution in [3.63, 3.8) is 0 Å². The Balaban J connectivity index is 1.63. The van der Waals surface area contributed by atoms with E-state index < -0.39 is 0 Å². The molecule has 1 saturated heterocycles. The molecule has 3 N–H and O–H groups in total. The Morgan fingerprint density at radius 1 is 1.08 bits per heavy atom. The number of hydrogen-bond donors (Lipinski definition) is 2. The maximum atomic E-state index is 11.9. The molecule has 1 aliphatic heterocycles. The molecule has 0 radical (unpaired) electrons. The number of likely N-dealkylation sites (tertiary alicyclic amines) is 1. The van der Waals surface area contributed by atoms with Gasteiger partial charge in [0.05, 0.1) is 0 Å². The molecule has 4 heteroatoms. The maximum Gasteiger partial charge on any atom is 0.220 e. The van der Waals surface area contributed by atoms with Crippen LogP contribution in [0, 0.1) is 5.92 Å². The van der Waals surface area contributed by atoms with Gasteiger partial charge < -0.3 is 11.1 Å². The van der Waals surface area contributed by atoms with Crippen LogP contribution in [0.25, 0.3) is 0 Å². The molecule has 1 aromatic rings. The van der Waals surface area contributed by atoms with Crippen molar-refractivity contribution >= 4 is 5.91 Å². The van der Waals surface area contributed by atoms with Crippen LogP contribution in [0.5, 0.6) is 0 Å². The summed E-state index contributed by atoms with van der Waals surface area (Å²) in [5.74, 6) is 1.03. The number of nitrogens with one attached hydrogen (secondary N) is 1. The van der Waals surface area contributed by atoms with Crippen LogP contribution in [-0.2, 0) is 17.9 Å². The molecule has 25 heavy (non-hydrogen) atoms. The van der Waals surface area contributed by atoms with Gasteiger partial charge in [-0.2, -0.15) is 0 Å². The monoisotopic (exact) mass is 345 g/mol. The molecule has 0 unspecified atom stereocenters. The Bertz CT molecular complexity index is 492. The Kier molecular flexibility index (Phi) is 8.98. The molecular formula is C21H35N3O. The Morgan fingerprint density at radius 3 is 2.40 bits per heavy atom. The van der Waals surface area contributed by atoms with Crippen LogP contribution in [0.15, 0.2) is 24.3 Å². The standard InChI is InChI=1S/C21H35N3O/c1-18-11-14-24(15-12-18)17-20-9-7-19(8-10-20)16-23-21(25)6-4-2-3-5-13-22/h7-10,18H,2-6,11-17,22H2,1H3,(H,23,25). The third-order valence-corrected chi connectivity index (χ3v) is 5.15. The third-order valence-electron chi connectivity index (χ3n) is 5.15. The van der Waals surface area contributed by atoms with Crippen LogP contribution < -0.4 is 11.1 Å². The van der Waals surface area contributed by atoms with E-state index >= 15 is 0 Å². The molecule has 1 aromatic carbocycles. The molecule has 1 heterocycles. The van der Waals surface area contributed by atoms with Gasteiger partial charge in [0.25, 0.3) is 0 Å². The van der Waals surface area contributed by atoms with E-state index in [1.807, 2.05) is 0 Å². The van der Waals surface area contributed by atoms with Crippen LogP contribution in [0.1, 0.15) is 63.0 Å². The topological polar surface area (TPSA) is 58.4 Å². The van der Waals surface area contributed by atoms with Crippen molar-refractivity contribution in [2.24, 2.45) is 11.7 Å². The summed E-state index contributed by atoms with van der Waals surface area (Å²) >= 11 is 0. The Labute approximate surface area is 153 Å². The lowest BCUT2D eigenvalue weighted by atomic mass is 9.99. The van der Waals surface area contributed by atoms with Crippen molar-refractivity contribution in [3.8, 4) is 0 Å². The van der Waals surface area contributed by atoms with E-state index in [9.17, 15) is 4.79 Å².